The maximum absolute atomic E-state index is 12.8. The highest BCUT2D eigenvalue weighted by atomic mass is 16.6. The molecule has 0 spiro atoms. The molecule has 0 N–H and O–H groups in total. The Balaban J connectivity index is 4.37. The van der Waals surface area contributed by atoms with Crippen molar-refractivity contribution in [2.75, 3.05) is 13.2 Å². The van der Waals surface area contributed by atoms with Gasteiger partial charge in [0.05, 0.1) is 0 Å². The van der Waals surface area contributed by atoms with E-state index in [-0.39, 0.29) is 31.1 Å². The first-order valence-electron chi connectivity index (χ1n) is 27.0. The summed E-state index contributed by atoms with van der Waals surface area (Å²) in [6.07, 6.45) is 66.0. The van der Waals surface area contributed by atoms with Crippen LogP contribution >= 0.6 is 0 Å². The second-order valence-corrected chi connectivity index (χ2v) is 17.8. The molecule has 368 valence electrons. The fourth-order valence-corrected chi connectivity index (χ4v) is 7.52. The first-order valence-corrected chi connectivity index (χ1v) is 27.0. The van der Waals surface area contributed by atoms with Crippen LogP contribution in [0.4, 0.5) is 0 Å². The van der Waals surface area contributed by atoms with Crippen molar-refractivity contribution in [3.8, 4) is 0 Å². The minimum atomic E-state index is -0.784. The summed E-state index contributed by atoms with van der Waals surface area (Å²) in [4.78, 5) is 38.0. The van der Waals surface area contributed by atoms with Gasteiger partial charge in [-0.1, -0.05) is 241 Å². The topological polar surface area (TPSA) is 78.9 Å². The number of carbonyl (C=O) groups is 3. The summed E-state index contributed by atoms with van der Waals surface area (Å²) in [6.45, 7) is 6.39. The van der Waals surface area contributed by atoms with Gasteiger partial charge in [0.15, 0.2) is 6.10 Å². The lowest BCUT2D eigenvalue weighted by Gasteiger charge is -2.18. The molecule has 6 heteroatoms. The molecule has 0 saturated carbocycles. The Morgan fingerprint density at radius 1 is 0.344 bits per heavy atom. The van der Waals surface area contributed by atoms with Crippen LogP contribution in [0.15, 0.2) is 72.9 Å². The van der Waals surface area contributed by atoms with E-state index in [1.165, 1.54) is 116 Å². The zero-order chi connectivity index (χ0) is 46.5. The maximum Gasteiger partial charge on any atom is 0.306 e. The van der Waals surface area contributed by atoms with E-state index in [4.69, 9.17) is 14.2 Å². The van der Waals surface area contributed by atoms with Crippen LogP contribution in [-0.4, -0.2) is 37.2 Å². The lowest BCUT2D eigenvalue weighted by molar-refractivity contribution is -0.167. The van der Waals surface area contributed by atoms with E-state index in [2.05, 4.69) is 93.7 Å². The van der Waals surface area contributed by atoms with Crippen molar-refractivity contribution in [1.29, 1.82) is 0 Å². The van der Waals surface area contributed by atoms with Crippen LogP contribution in [0.3, 0.4) is 0 Å². The summed E-state index contributed by atoms with van der Waals surface area (Å²) in [5.41, 5.74) is 0. The van der Waals surface area contributed by atoms with Crippen LogP contribution in [0.1, 0.15) is 258 Å². The second kappa shape index (κ2) is 52.5. The summed E-state index contributed by atoms with van der Waals surface area (Å²) in [5, 5.41) is 0. The Hall–Kier alpha value is -3.15. The zero-order valence-electron chi connectivity index (χ0n) is 42.0. The molecule has 0 aromatic rings. The fourth-order valence-electron chi connectivity index (χ4n) is 7.52. The normalized spacial score (nSPS) is 12.6. The van der Waals surface area contributed by atoms with Gasteiger partial charge in [-0.15, -0.1) is 0 Å². The van der Waals surface area contributed by atoms with E-state index in [1.807, 2.05) is 0 Å². The van der Waals surface area contributed by atoms with Crippen molar-refractivity contribution in [2.24, 2.45) is 0 Å². The molecule has 64 heavy (non-hydrogen) atoms. The molecule has 0 aromatic carbocycles. The highest BCUT2D eigenvalue weighted by molar-refractivity contribution is 5.71. The highest BCUT2D eigenvalue weighted by Gasteiger charge is 2.19. The molecule has 0 fully saturated rings. The van der Waals surface area contributed by atoms with Gasteiger partial charge in [0, 0.05) is 19.3 Å². The van der Waals surface area contributed by atoms with Crippen LogP contribution in [0.5, 0.6) is 0 Å². The largest absolute Gasteiger partial charge is 0.462 e. The van der Waals surface area contributed by atoms with Gasteiger partial charge < -0.3 is 14.2 Å². The molecule has 0 saturated heterocycles. The van der Waals surface area contributed by atoms with E-state index in [0.717, 1.165) is 103 Å². The SMILES string of the molecule is CC\C=C/C=C\C=C/CCCCCCCC(=O)OCC(COC(=O)CCCCCCCCCCC/C=C\C/C=C\C/C=C\CC)OC(=O)CCCCCCCCCCCCCCCC. The number of allylic oxidation sites excluding steroid dienone is 12. The van der Waals surface area contributed by atoms with Crippen molar-refractivity contribution >= 4 is 17.9 Å². The average molecular weight is 893 g/mol. The van der Waals surface area contributed by atoms with E-state index in [1.54, 1.807) is 0 Å². The van der Waals surface area contributed by atoms with E-state index in [0.29, 0.717) is 19.3 Å². The van der Waals surface area contributed by atoms with Gasteiger partial charge in [-0.2, -0.15) is 0 Å². The van der Waals surface area contributed by atoms with Crippen LogP contribution in [0.25, 0.3) is 0 Å². The van der Waals surface area contributed by atoms with Crippen molar-refractivity contribution in [3.63, 3.8) is 0 Å². The predicted octanol–water partition coefficient (Wildman–Crippen LogP) is 17.8. The van der Waals surface area contributed by atoms with Crippen LogP contribution in [0.2, 0.25) is 0 Å². The summed E-state index contributed by atoms with van der Waals surface area (Å²) in [6, 6.07) is 0. The molecule has 0 aliphatic heterocycles. The molecule has 0 bridgehead atoms. The summed E-state index contributed by atoms with van der Waals surface area (Å²) in [7, 11) is 0. The average Bonchev–Trinajstić information content (AvgIpc) is 3.29. The molecule has 0 rings (SSSR count). The maximum atomic E-state index is 12.8. The molecule has 0 aromatic heterocycles. The van der Waals surface area contributed by atoms with Gasteiger partial charge in [-0.25, -0.2) is 0 Å². The Bertz CT molecular complexity index is 1210. The van der Waals surface area contributed by atoms with E-state index >= 15 is 0 Å². The summed E-state index contributed by atoms with van der Waals surface area (Å²) < 4.78 is 16.8. The third kappa shape index (κ3) is 49.9. The van der Waals surface area contributed by atoms with Gasteiger partial charge in [0.2, 0.25) is 0 Å². The van der Waals surface area contributed by atoms with E-state index in [9.17, 15) is 14.4 Å². The van der Waals surface area contributed by atoms with Gasteiger partial charge in [-0.3, -0.25) is 14.4 Å². The molecule has 1 unspecified atom stereocenters. The number of hydrogen-bond donors (Lipinski definition) is 0. The number of ether oxygens (including phenoxy) is 3. The second-order valence-electron chi connectivity index (χ2n) is 17.8. The number of unbranched alkanes of at least 4 members (excludes halogenated alkanes) is 27. The number of hydrogen-bond acceptors (Lipinski definition) is 6. The number of carbonyl (C=O) groups excluding carboxylic acids is 3. The molecule has 0 heterocycles. The van der Waals surface area contributed by atoms with Crippen molar-refractivity contribution in [2.45, 2.75) is 264 Å². The van der Waals surface area contributed by atoms with Gasteiger partial charge in [-0.05, 0) is 70.6 Å². The Morgan fingerprint density at radius 2 is 0.688 bits per heavy atom. The smallest absolute Gasteiger partial charge is 0.306 e. The predicted molar refractivity (Wildman–Crippen MR) is 274 cm³/mol. The first-order chi connectivity index (χ1) is 31.5. The molecular weight excluding hydrogens is 793 g/mol. The molecule has 1 atom stereocenters. The third-order valence-corrected chi connectivity index (χ3v) is 11.5. The van der Waals surface area contributed by atoms with Crippen LogP contribution < -0.4 is 0 Å². The molecule has 6 nitrogen and oxygen atoms in total. The summed E-state index contributed by atoms with van der Waals surface area (Å²) >= 11 is 0. The molecule has 0 aliphatic carbocycles. The lowest BCUT2D eigenvalue weighted by atomic mass is 10.0. The van der Waals surface area contributed by atoms with Crippen molar-refractivity contribution in [3.05, 3.63) is 72.9 Å². The van der Waals surface area contributed by atoms with Crippen LogP contribution in [0, 0.1) is 0 Å². The zero-order valence-corrected chi connectivity index (χ0v) is 42.0. The highest BCUT2D eigenvalue weighted by Crippen LogP contribution is 2.16. The van der Waals surface area contributed by atoms with Crippen LogP contribution in [-0.2, 0) is 28.6 Å². The van der Waals surface area contributed by atoms with Gasteiger partial charge in [0.1, 0.15) is 13.2 Å². The number of rotatable bonds is 48. The molecule has 0 radical (unpaired) electrons. The minimum absolute atomic E-state index is 0.0833. The Labute approximate surface area is 395 Å². The quantitative estimate of drug-likeness (QED) is 0.0199. The lowest BCUT2D eigenvalue weighted by Crippen LogP contribution is -2.30. The third-order valence-electron chi connectivity index (χ3n) is 11.5. The fraction of sp³-hybridized carbons (Fsp3) is 0.741. The summed E-state index contributed by atoms with van der Waals surface area (Å²) in [5.74, 6) is -0.903. The molecular formula is C58H100O6. The Kier molecular flexibility index (Phi) is 49.9. The molecule has 0 amide bonds. The standard InChI is InChI=1S/C58H100O6/c1-4-7-10-13-16-19-22-25-27-28-29-30-31-34-36-39-42-45-48-51-57(60)63-54-55(53-62-56(59)50-47-44-41-38-35-32-24-21-18-15-12-9-6-3)64-58(61)52-49-46-43-40-37-33-26-23-20-17-14-11-8-5-2/h7,9-10,12,15-16,18-19,21,24-25,27,55H,4-6,8,11,13-14,17,20,22-23,26,28-54H2,1-3H3/b10-7-,12-9-,18-15-,19-16-,24-21-,27-25-. The van der Waals surface area contributed by atoms with Gasteiger partial charge in [0.25, 0.3) is 0 Å². The number of esters is 3. The van der Waals surface area contributed by atoms with E-state index < -0.39 is 6.10 Å². The Morgan fingerprint density at radius 3 is 1.12 bits per heavy atom. The molecule has 0 aliphatic rings. The first kappa shape index (κ1) is 60.9. The van der Waals surface area contributed by atoms with Gasteiger partial charge >= 0.3 is 17.9 Å². The van der Waals surface area contributed by atoms with Crippen molar-refractivity contribution in [1.82, 2.24) is 0 Å². The monoisotopic (exact) mass is 893 g/mol. The van der Waals surface area contributed by atoms with Crippen molar-refractivity contribution < 1.29 is 28.6 Å². The minimum Gasteiger partial charge on any atom is -0.462 e.